The predicted molar refractivity (Wildman–Crippen MR) is 135 cm³/mol. The van der Waals surface area contributed by atoms with Crippen LogP contribution in [0.5, 0.6) is 5.75 Å². The van der Waals surface area contributed by atoms with Gasteiger partial charge in [-0.25, -0.2) is 9.78 Å². The monoisotopic (exact) mass is 488 g/mol. The summed E-state index contributed by atoms with van der Waals surface area (Å²) in [5.74, 6) is -0.783. The molecule has 0 aliphatic heterocycles. The van der Waals surface area contributed by atoms with Crippen LogP contribution in [0.1, 0.15) is 48.4 Å². The van der Waals surface area contributed by atoms with E-state index in [4.69, 9.17) is 14.5 Å². The van der Waals surface area contributed by atoms with E-state index >= 15 is 0 Å². The Morgan fingerprint density at radius 2 is 1.78 bits per heavy atom. The molecule has 0 spiro atoms. The van der Waals surface area contributed by atoms with Gasteiger partial charge in [0.15, 0.2) is 5.49 Å². The molecule has 0 aliphatic rings. The number of carbonyl (C=O) groups excluding carboxylic acids is 2. The van der Waals surface area contributed by atoms with Gasteiger partial charge in [0.1, 0.15) is 22.6 Å². The Bertz CT molecular complexity index is 1580. The number of pyridine rings is 2. The van der Waals surface area contributed by atoms with Crippen LogP contribution in [0.4, 0.5) is 0 Å². The molecule has 0 saturated heterocycles. The lowest BCUT2D eigenvalue weighted by Gasteiger charge is -2.16. The summed E-state index contributed by atoms with van der Waals surface area (Å²) in [4.78, 5) is 48.9. The van der Waals surface area contributed by atoms with Crippen molar-refractivity contribution >= 4 is 28.6 Å². The van der Waals surface area contributed by atoms with Crippen molar-refractivity contribution in [3.8, 4) is 5.75 Å². The minimum atomic E-state index is -0.681. The van der Waals surface area contributed by atoms with Crippen LogP contribution in [0.15, 0.2) is 64.5 Å². The van der Waals surface area contributed by atoms with Crippen LogP contribution >= 0.6 is 0 Å². The highest BCUT2D eigenvalue weighted by molar-refractivity contribution is 5.99. The van der Waals surface area contributed by atoms with E-state index in [0.717, 1.165) is 0 Å². The first kappa shape index (κ1) is 24.8. The normalized spacial score (nSPS) is 11.9. The molecule has 3 heterocycles. The van der Waals surface area contributed by atoms with E-state index in [9.17, 15) is 14.4 Å². The minimum Gasteiger partial charge on any atom is -0.493 e. The fraction of sp³-hybridized carbons (Fsp3) is 0.296. The summed E-state index contributed by atoms with van der Waals surface area (Å²) in [5.41, 5.74) is 0.795. The third-order valence-corrected chi connectivity index (χ3v) is 5.46. The van der Waals surface area contributed by atoms with Crippen LogP contribution < -0.4 is 15.8 Å². The largest absolute Gasteiger partial charge is 0.493 e. The van der Waals surface area contributed by atoms with Crippen LogP contribution in [-0.4, -0.2) is 39.0 Å². The molecule has 36 heavy (non-hydrogen) atoms. The topological polar surface area (TPSA) is 104 Å². The van der Waals surface area contributed by atoms with Crippen molar-refractivity contribution in [2.24, 2.45) is 10.9 Å². The number of carbonyl (C=O) groups is 2. The lowest BCUT2D eigenvalue weighted by molar-refractivity contribution is 0.0523. The second-order valence-electron chi connectivity index (χ2n) is 8.54. The van der Waals surface area contributed by atoms with Crippen molar-refractivity contribution in [2.45, 2.75) is 34.2 Å². The zero-order chi connectivity index (χ0) is 25.8. The summed E-state index contributed by atoms with van der Waals surface area (Å²) < 4.78 is 14.0. The van der Waals surface area contributed by atoms with Crippen LogP contribution in [-0.2, 0) is 11.3 Å². The number of para-hydroxylation sites is 1. The zero-order valence-corrected chi connectivity index (χ0v) is 20.7. The van der Waals surface area contributed by atoms with Gasteiger partial charge >= 0.3 is 5.97 Å². The number of esters is 1. The minimum absolute atomic E-state index is 0.0158. The second kappa shape index (κ2) is 10.6. The zero-order valence-electron chi connectivity index (χ0n) is 20.7. The number of amides is 1. The first-order valence-electron chi connectivity index (χ1n) is 11.9. The molecular weight excluding hydrogens is 460 g/mol. The summed E-state index contributed by atoms with van der Waals surface area (Å²) in [6.45, 7) is 8.34. The molecule has 4 rings (SSSR count). The van der Waals surface area contributed by atoms with E-state index in [1.807, 2.05) is 20.8 Å². The highest BCUT2D eigenvalue weighted by Gasteiger charge is 2.21. The van der Waals surface area contributed by atoms with E-state index < -0.39 is 11.9 Å². The fourth-order valence-corrected chi connectivity index (χ4v) is 3.98. The predicted octanol–water partition coefficient (Wildman–Crippen LogP) is 3.62. The average Bonchev–Trinajstić information content (AvgIpc) is 2.86. The summed E-state index contributed by atoms with van der Waals surface area (Å²) in [7, 11) is 0. The number of hydrogen-bond acceptors (Lipinski definition) is 6. The molecule has 0 fully saturated rings. The molecule has 0 atom stereocenters. The van der Waals surface area contributed by atoms with Gasteiger partial charge in [-0.2, -0.15) is 4.99 Å². The molecule has 0 N–H and O–H groups in total. The first-order valence-corrected chi connectivity index (χ1v) is 11.9. The molecule has 186 valence electrons. The maximum absolute atomic E-state index is 13.4. The van der Waals surface area contributed by atoms with Crippen molar-refractivity contribution in [3.05, 3.63) is 81.7 Å². The van der Waals surface area contributed by atoms with E-state index in [2.05, 4.69) is 4.99 Å². The third-order valence-electron chi connectivity index (χ3n) is 5.46. The standard InChI is InChI=1S/C27H28N4O5/c1-5-35-21-12-8-7-11-18(21)25(32)29-24-20(27(34)36-6-2)15-19-23(31(24)16-17(3)4)28-22-13-9-10-14-30(22)26(19)33/h7-15,17H,5-6,16H2,1-4H3. The summed E-state index contributed by atoms with van der Waals surface area (Å²) >= 11 is 0. The van der Waals surface area contributed by atoms with Gasteiger partial charge in [0, 0.05) is 12.7 Å². The smallest absolute Gasteiger partial charge is 0.341 e. The van der Waals surface area contributed by atoms with Gasteiger partial charge in [-0.15, -0.1) is 0 Å². The maximum atomic E-state index is 13.4. The number of aromatic nitrogens is 3. The SMILES string of the molecule is CCOC(=O)c1cc2c(=O)n3ccccc3nc2n(CC(C)C)c1=NC(=O)c1ccccc1OCC. The molecule has 0 unspecified atom stereocenters. The van der Waals surface area contributed by atoms with Crippen molar-refractivity contribution in [1.29, 1.82) is 0 Å². The Morgan fingerprint density at radius 1 is 1.03 bits per heavy atom. The molecule has 3 aromatic heterocycles. The van der Waals surface area contributed by atoms with Gasteiger partial charge in [-0.05, 0) is 50.1 Å². The molecule has 9 nitrogen and oxygen atoms in total. The van der Waals surface area contributed by atoms with E-state index in [1.165, 1.54) is 10.5 Å². The Morgan fingerprint density at radius 3 is 2.50 bits per heavy atom. The molecule has 0 saturated carbocycles. The van der Waals surface area contributed by atoms with Crippen LogP contribution in [0.25, 0.3) is 16.7 Å². The highest BCUT2D eigenvalue weighted by Crippen LogP contribution is 2.19. The summed E-state index contributed by atoms with van der Waals surface area (Å²) in [6, 6.07) is 13.4. The summed E-state index contributed by atoms with van der Waals surface area (Å²) in [5, 5.41) is 0.225. The van der Waals surface area contributed by atoms with Crippen LogP contribution in [0, 0.1) is 5.92 Å². The number of fused-ring (bicyclic) bond motifs is 2. The van der Waals surface area contributed by atoms with Gasteiger partial charge in [0.05, 0.1) is 24.2 Å². The molecule has 1 amide bonds. The van der Waals surface area contributed by atoms with Crippen molar-refractivity contribution in [2.75, 3.05) is 13.2 Å². The van der Waals surface area contributed by atoms with E-state index in [-0.39, 0.29) is 40.1 Å². The third kappa shape index (κ3) is 4.77. The van der Waals surface area contributed by atoms with Crippen LogP contribution in [0.2, 0.25) is 0 Å². The van der Waals surface area contributed by atoms with Crippen molar-refractivity contribution in [1.82, 2.24) is 14.0 Å². The van der Waals surface area contributed by atoms with Crippen molar-refractivity contribution < 1.29 is 19.1 Å². The molecule has 0 bridgehead atoms. The van der Waals surface area contributed by atoms with Gasteiger partial charge in [-0.1, -0.05) is 32.0 Å². The Hall–Kier alpha value is -4.27. The van der Waals surface area contributed by atoms with Crippen molar-refractivity contribution in [3.63, 3.8) is 0 Å². The molecule has 0 radical (unpaired) electrons. The molecular formula is C27H28N4O5. The second-order valence-corrected chi connectivity index (χ2v) is 8.54. The Kier molecular flexibility index (Phi) is 7.28. The molecule has 4 aromatic rings. The number of ether oxygens (including phenoxy) is 2. The lowest BCUT2D eigenvalue weighted by Crippen LogP contribution is -2.33. The van der Waals surface area contributed by atoms with E-state index in [0.29, 0.717) is 30.2 Å². The molecule has 0 aliphatic carbocycles. The number of benzene rings is 1. The Labute approximate surface area is 207 Å². The van der Waals surface area contributed by atoms with Gasteiger partial charge < -0.3 is 14.0 Å². The maximum Gasteiger partial charge on any atom is 0.341 e. The highest BCUT2D eigenvalue weighted by atomic mass is 16.5. The lowest BCUT2D eigenvalue weighted by atomic mass is 10.1. The number of nitrogens with zero attached hydrogens (tertiary/aromatic N) is 4. The first-order chi connectivity index (χ1) is 17.3. The quantitative estimate of drug-likeness (QED) is 0.291. The van der Waals surface area contributed by atoms with Gasteiger partial charge in [0.25, 0.3) is 11.5 Å². The number of rotatable bonds is 7. The fourth-order valence-electron chi connectivity index (χ4n) is 3.98. The summed E-state index contributed by atoms with van der Waals surface area (Å²) in [6.07, 6.45) is 1.62. The molecule has 9 heteroatoms. The van der Waals surface area contributed by atoms with E-state index in [1.54, 1.807) is 60.2 Å². The average molecular weight is 489 g/mol. The van der Waals surface area contributed by atoms with Crippen LogP contribution in [0.3, 0.4) is 0 Å². The van der Waals surface area contributed by atoms with Gasteiger partial charge in [0.2, 0.25) is 0 Å². The number of hydrogen-bond donors (Lipinski definition) is 0. The Balaban J connectivity index is 2.11. The molecule has 1 aromatic carbocycles. The van der Waals surface area contributed by atoms with Gasteiger partial charge in [-0.3, -0.25) is 14.0 Å².